The lowest BCUT2D eigenvalue weighted by molar-refractivity contribution is -0.128. The summed E-state index contributed by atoms with van der Waals surface area (Å²) in [4.78, 5) is 37.3. The Kier molecular flexibility index (Phi) is 5.30. The molecule has 27 heavy (non-hydrogen) atoms. The monoisotopic (exact) mass is 365 g/mol. The van der Waals surface area contributed by atoms with Crippen molar-refractivity contribution in [3.8, 4) is 5.69 Å². The number of likely N-dealkylation sites (N-methyl/N-ethyl adjacent to an activating group) is 1. The number of rotatable bonds is 5. The number of carbonyl (C=O) groups excluding carboxylic acids is 2. The van der Waals surface area contributed by atoms with E-state index in [1.54, 1.807) is 55.5 Å². The molecular formula is C20H19N3O4. The Bertz CT molecular complexity index is 1040. The van der Waals surface area contributed by atoms with E-state index in [1.807, 2.05) is 6.07 Å². The van der Waals surface area contributed by atoms with Gasteiger partial charge in [-0.25, -0.2) is 4.79 Å². The highest BCUT2D eigenvalue weighted by atomic mass is 16.5. The minimum absolute atomic E-state index is 0.0230. The van der Waals surface area contributed by atoms with Gasteiger partial charge >= 0.3 is 5.97 Å². The van der Waals surface area contributed by atoms with E-state index in [9.17, 15) is 14.4 Å². The SMILES string of the molecule is CCNC(=O)[C@H](C)OC(=O)c1nn(-c2ccccc2)c(=O)c2ccccc12. The van der Waals surface area contributed by atoms with Crippen LogP contribution >= 0.6 is 0 Å². The molecule has 0 aliphatic carbocycles. The van der Waals surface area contributed by atoms with Crippen LogP contribution in [0.25, 0.3) is 16.5 Å². The summed E-state index contributed by atoms with van der Waals surface area (Å²) < 4.78 is 6.42. The molecule has 0 aliphatic heterocycles. The third kappa shape index (κ3) is 3.72. The first-order chi connectivity index (χ1) is 13.0. The van der Waals surface area contributed by atoms with Gasteiger partial charge in [0, 0.05) is 11.9 Å². The standard InChI is InChI=1S/C20H19N3O4/c1-3-21-18(24)13(2)27-20(26)17-15-11-7-8-12-16(15)19(25)23(22-17)14-9-5-4-6-10-14/h4-13H,3H2,1-2H3,(H,21,24)/t13-/m0/s1. The number of ether oxygens (including phenoxy) is 1. The predicted octanol–water partition coefficient (Wildman–Crippen LogP) is 2.07. The van der Waals surface area contributed by atoms with Crippen LogP contribution in [0.1, 0.15) is 24.3 Å². The highest BCUT2D eigenvalue weighted by molar-refractivity contribution is 6.03. The Labute approximate surface area is 155 Å². The zero-order valence-electron chi connectivity index (χ0n) is 15.0. The molecule has 3 aromatic rings. The van der Waals surface area contributed by atoms with Gasteiger partial charge in [-0.15, -0.1) is 0 Å². The lowest BCUT2D eigenvalue weighted by atomic mass is 10.1. The van der Waals surface area contributed by atoms with Crippen LogP contribution < -0.4 is 10.9 Å². The second kappa shape index (κ2) is 7.82. The number of fused-ring (bicyclic) bond motifs is 1. The molecule has 138 valence electrons. The van der Waals surface area contributed by atoms with Crippen LogP contribution in [0.3, 0.4) is 0 Å². The highest BCUT2D eigenvalue weighted by Crippen LogP contribution is 2.16. The van der Waals surface area contributed by atoms with E-state index in [0.717, 1.165) is 4.68 Å². The maximum Gasteiger partial charge on any atom is 0.360 e. The smallest absolute Gasteiger partial charge is 0.360 e. The fourth-order valence-corrected chi connectivity index (χ4v) is 2.67. The Hall–Kier alpha value is -3.48. The Balaban J connectivity index is 2.09. The molecule has 0 fully saturated rings. The molecule has 0 spiro atoms. The van der Waals surface area contributed by atoms with E-state index < -0.39 is 18.0 Å². The van der Waals surface area contributed by atoms with Gasteiger partial charge in [0.25, 0.3) is 11.5 Å². The molecule has 2 aromatic carbocycles. The van der Waals surface area contributed by atoms with E-state index in [0.29, 0.717) is 23.0 Å². The van der Waals surface area contributed by atoms with Crippen LogP contribution in [-0.2, 0) is 9.53 Å². The summed E-state index contributed by atoms with van der Waals surface area (Å²) >= 11 is 0. The second-order valence-corrected chi connectivity index (χ2v) is 5.89. The third-order valence-corrected chi connectivity index (χ3v) is 4.00. The molecule has 0 saturated carbocycles. The topological polar surface area (TPSA) is 90.3 Å². The molecule has 3 rings (SSSR count). The lowest BCUT2D eigenvalue weighted by Crippen LogP contribution is -2.36. The molecule has 0 radical (unpaired) electrons. The number of benzene rings is 2. The van der Waals surface area contributed by atoms with Gasteiger partial charge in [-0.3, -0.25) is 9.59 Å². The molecule has 7 heteroatoms. The highest BCUT2D eigenvalue weighted by Gasteiger charge is 2.23. The van der Waals surface area contributed by atoms with Crippen molar-refractivity contribution in [1.29, 1.82) is 0 Å². The van der Waals surface area contributed by atoms with E-state index in [4.69, 9.17) is 4.74 Å². The molecule has 7 nitrogen and oxygen atoms in total. The fraction of sp³-hybridized carbons (Fsp3) is 0.200. The molecule has 1 atom stereocenters. The van der Waals surface area contributed by atoms with Crippen molar-refractivity contribution in [1.82, 2.24) is 15.1 Å². The van der Waals surface area contributed by atoms with Gasteiger partial charge in [0.15, 0.2) is 11.8 Å². The van der Waals surface area contributed by atoms with Gasteiger partial charge in [-0.1, -0.05) is 36.4 Å². The van der Waals surface area contributed by atoms with Gasteiger partial charge in [0.2, 0.25) is 0 Å². The normalized spacial score (nSPS) is 11.8. The minimum atomic E-state index is -0.977. The van der Waals surface area contributed by atoms with E-state index >= 15 is 0 Å². The van der Waals surface area contributed by atoms with E-state index in [-0.39, 0.29) is 11.3 Å². The van der Waals surface area contributed by atoms with Crippen LogP contribution in [0.5, 0.6) is 0 Å². The van der Waals surface area contributed by atoms with Crippen LogP contribution in [0.4, 0.5) is 0 Å². The zero-order valence-corrected chi connectivity index (χ0v) is 15.0. The molecular weight excluding hydrogens is 346 g/mol. The molecule has 0 bridgehead atoms. The first kappa shape index (κ1) is 18.3. The number of hydrogen-bond acceptors (Lipinski definition) is 5. The van der Waals surface area contributed by atoms with E-state index in [1.165, 1.54) is 6.92 Å². The molecule has 1 amide bonds. The number of esters is 1. The van der Waals surface area contributed by atoms with Crippen LogP contribution in [0.15, 0.2) is 59.4 Å². The first-order valence-electron chi connectivity index (χ1n) is 8.59. The lowest BCUT2D eigenvalue weighted by Gasteiger charge is -2.14. The van der Waals surface area contributed by atoms with Crippen molar-refractivity contribution in [2.24, 2.45) is 0 Å². The van der Waals surface area contributed by atoms with Gasteiger partial charge in [-0.2, -0.15) is 9.78 Å². The van der Waals surface area contributed by atoms with Crippen molar-refractivity contribution in [3.05, 3.63) is 70.6 Å². The first-order valence-corrected chi connectivity index (χ1v) is 8.59. The summed E-state index contributed by atoms with van der Waals surface area (Å²) in [6.07, 6.45) is -0.977. The number of nitrogens with zero attached hydrogens (tertiary/aromatic N) is 2. The Morgan fingerprint density at radius 1 is 1.07 bits per heavy atom. The van der Waals surface area contributed by atoms with Gasteiger partial charge < -0.3 is 10.1 Å². The molecule has 0 unspecified atom stereocenters. The summed E-state index contributed by atoms with van der Waals surface area (Å²) in [5, 5.41) is 7.54. The molecule has 1 N–H and O–H groups in total. The van der Waals surface area contributed by atoms with Gasteiger partial charge in [0.05, 0.1) is 11.1 Å². The van der Waals surface area contributed by atoms with Crippen molar-refractivity contribution >= 4 is 22.6 Å². The quantitative estimate of drug-likeness (QED) is 0.699. The minimum Gasteiger partial charge on any atom is -0.448 e. The van der Waals surface area contributed by atoms with Crippen LogP contribution in [0.2, 0.25) is 0 Å². The van der Waals surface area contributed by atoms with Gasteiger partial charge in [-0.05, 0) is 32.0 Å². The predicted molar refractivity (Wildman–Crippen MR) is 101 cm³/mol. The van der Waals surface area contributed by atoms with Crippen molar-refractivity contribution in [3.63, 3.8) is 0 Å². The summed E-state index contributed by atoms with van der Waals surface area (Å²) in [6.45, 7) is 3.69. The summed E-state index contributed by atoms with van der Waals surface area (Å²) in [7, 11) is 0. The third-order valence-electron chi connectivity index (χ3n) is 4.00. The molecule has 1 heterocycles. The van der Waals surface area contributed by atoms with E-state index in [2.05, 4.69) is 10.4 Å². The second-order valence-electron chi connectivity index (χ2n) is 5.89. The van der Waals surface area contributed by atoms with Crippen LogP contribution in [-0.4, -0.2) is 34.3 Å². The number of carbonyl (C=O) groups is 2. The largest absolute Gasteiger partial charge is 0.448 e. The number of amides is 1. The Morgan fingerprint density at radius 3 is 2.37 bits per heavy atom. The summed E-state index contributed by atoms with van der Waals surface area (Å²) in [6, 6.07) is 15.5. The number of hydrogen-bond donors (Lipinski definition) is 1. The maximum absolute atomic E-state index is 12.8. The molecule has 1 aromatic heterocycles. The van der Waals surface area contributed by atoms with Crippen molar-refractivity contribution in [2.75, 3.05) is 6.54 Å². The zero-order chi connectivity index (χ0) is 19.4. The van der Waals surface area contributed by atoms with Crippen LogP contribution in [0, 0.1) is 0 Å². The number of nitrogens with one attached hydrogen (secondary N) is 1. The number of para-hydroxylation sites is 1. The van der Waals surface area contributed by atoms with Crippen molar-refractivity contribution in [2.45, 2.75) is 20.0 Å². The molecule has 0 saturated heterocycles. The maximum atomic E-state index is 12.8. The van der Waals surface area contributed by atoms with Crippen molar-refractivity contribution < 1.29 is 14.3 Å². The summed E-state index contributed by atoms with van der Waals surface area (Å²) in [5.41, 5.74) is 0.161. The van der Waals surface area contributed by atoms with Gasteiger partial charge in [0.1, 0.15) is 0 Å². The molecule has 0 aliphatic rings. The Morgan fingerprint density at radius 2 is 1.70 bits per heavy atom. The fourth-order valence-electron chi connectivity index (χ4n) is 2.67. The number of aromatic nitrogens is 2. The average molecular weight is 365 g/mol. The average Bonchev–Trinajstić information content (AvgIpc) is 2.69. The summed E-state index contributed by atoms with van der Waals surface area (Å²) in [5.74, 6) is -1.17.